The van der Waals surface area contributed by atoms with E-state index in [0.29, 0.717) is 12.5 Å². The summed E-state index contributed by atoms with van der Waals surface area (Å²) in [5.41, 5.74) is 0. The zero-order valence-electron chi connectivity index (χ0n) is 12.9. The molecule has 2 atom stereocenters. The molecule has 0 bridgehead atoms. The summed E-state index contributed by atoms with van der Waals surface area (Å²) in [6.07, 6.45) is 2.45. The normalized spacial score (nSPS) is 24.9. The summed E-state index contributed by atoms with van der Waals surface area (Å²) in [4.78, 5) is 4.83. The number of β-amino-alcohol motifs (C(OH)–C–C–N with tert-alkyl or cyclic N) is 1. The number of aliphatic hydroxyl groups excluding tert-OH is 1. The first-order valence-electron chi connectivity index (χ1n) is 8.15. The molecule has 0 aromatic carbocycles. The van der Waals surface area contributed by atoms with Crippen molar-refractivity contribution in [1.82, 2.24) is 15.1 Å². The van der Waals surface area contributed by atoms with Crippen molar-refractivity contribution in [2.24, 2.45) is 5.92 Å². The van der Waals surface area contributed by atoms with Crippen LogP contribution < -0.4 is 5.32 Å². The van der Waals surface area contributed by atoms with E-state index in [2.05, 4.69) is 22.0 Å². The van der Waals surface area contributed by atoms with E-state index in [1.165, 1.54) is 32.5 Å². The van der Waals surface area contributed by atoms with E-state index in [0.717, 1.165) is 39.4 Å². The lowest BCUT2D eigenvalue weighted by atomic mass is 10.1. The van der Waals surface area contributed by atoms with Gasteiger partial charge in [-0.1, -0.05) is 6.92 Å². The lowest BCUT2D eigenvalue weighted by Crippen LogP contribution is -2.44. The predicted molar refractivity (Wildman–Crippen MR) is 81.0 cm³/mol. The second kappa shape index (κ2) is 8.95. The number of ether oxygens (including phenoxy) is 1. The molecule has 2 rings (SSSR count). The van der Waals surface area contributed by atoms with Gasteiger partial charge in [-0.05, 0) is 38.4 Å². The van der Waals surface area contributed by atoms with Gasteiger partial charge in [-0.2, -0.15) is 0 Å². The van der Waals surface area contributed by atoms with Crippen molar-refractivity contribution < 1.29 is 9.84 Å². The molecule has 118 valence electrons. The quantitative estimate of drug-likeness (QED) is 0.657. The molecule has 2 unspecified atom stereocenters. The maximum Gasteiger partial charge on any atom is 0.0791 e. The van der Waals surface area contributed by atoms with Crippen molar-refractivity contribution >= 4 is 0 Å². The largest absolute Gasteiger partial charge is 0.390 e. The molecule has 2 N–H and O–H groups in total. The highest BCUT2D eigenvalue weighted by molar-refractivity contribution is 4.72. The molecule has 0 spiro atoms. The zero-order valence-corrected chi connectivity index (χ0v) is 12.9. The molecular weight excluding hydrogens is 254 g/mol. The summed E-state index contributed by atoms with van der Waals surface area (Å²) in [5, 5.41) is 13.5. The SMILES string of the molecule is CC(CNCC(O)CN1CCOCC1)CN1CCCC1. The molecule has 5 nitrogen and oxygen atoms in total. The fraction of sp³-hybridized carbons (Fsp3) is 1.00. The number of hydrogen-bond donors (Lipinski definition) is 2. The number of hydrogen-bond acceptors (Lipinski definition) is 5. The maximum absolute atomic E-state index is 10.0. The molecule has 2 aliphatic rings. The first-order chi connectivity index (χ1) is 9.74. The van der Waals surface area contributed by atoms with Gasteiger partial charge in [0.15, 0.2) is 0 Å². The van der Waals surface area contributed by atoms with E-state index in [-0.39, 0.29) is 6.10 Å². The molecule has 0 saturated carbocycles. The highest BCUT2D eigenvalue weighted by Gasteiger charge is 2.16. The van der Waals surface area contributed by atoms with Gasteiger partial charge in [-0.15, -0.1) is 0 Å². The molecule has 0 aliphatic carbocycles. The van der Waals surface area contributed by atoms with Crippen molar-refractivity contribution in [1.29, 1.82) is 0 Å². The minimum absolute atomic E-state index is 0.271. The summed E-state index contributed by atoms with van der Waals surface area (Å²) >= 11 is 0. The van der Waals surface area contributed by atoms with Crippen LogP contribution in [0.25, 0.3) is 0 Å². The Kier molecular flexibility index (Phi) is 7.24. The Bertz CT molecular complexity index is 254. The van der Waals surface area contributed by atoms with E-state index < -0.39 is 0 Å². The van der Waals surface area contributed by atoms with Gasteiger partial charge < -0.3 is 20.1 Å². The Morgan fingerprint density at radius 2 is 1.65 bits per heavy atom. The van der Waals surface area contributed by atoms with Crippen LogP contribution in [-0.2, 0) is 4.74 Å². The van der Waals surface area contributed by atoms with Crippen LogP contribution in [0, 0.1) is 5.92 Å². The second-order valence-electron chi connectivity index (χ2n) is 6.34. The van der Waals surface area contributed by atoms with E-state index in [1.54, 1.807) is 0 Å². The van der Waals surface area contributed by atoms with Crippen molar-refractivity contribution in [3.05, 3.63) is 0 Å². The highest BCUT2D eigenvalue weighted by atomic mass is 16.5. The second-order valence-corrected chi connectivity index (χ2v) is 6.34. The van der Waals surface area contributed by atoms with Crippen LogP contribution in [0.5, 0.6) is 0 Å². The van der Waals surface area contributed by atoms with Crippen molar-refractivity contribution in [3.8, 4) is 0 Å². The Morgan fingerprint density at radius 3 is 2.35 bits per heavy atom. The van der Waals surface area contributed by atoms with Gasteiger partial charge in [0, 0.05) is 32.7 Å². The molecule has 0 aromatic rings. The molecule has 20 heavy (non-hydrogen) atoms. The van der Waals surface area contributed by atoms with Crippen LogP contribution >= 0.6 is 0 Å². The standard InChI is InChI=1S/C15H31N3O2/c1-14(12-17-4-2-3-5-17)10-16-11-15(19)13-18-6-8-20-9-7-18/h14-16,19H,2-13H2,1H3. The Morgan fingerprint density at radius 1 is 1.00 bits per heavy atom. The van der Waals surface area contributed by atoms with Gasteiger partial charge in [0.05, 0.1) is 19.3 Å². The summed E-state index contributed by atoms with van der Waals surface area (Å²) in [5.74, 6) is 0.656. The molecule has 2 aliphatic heterocycles. The van der Waals surface area contributed by atoms with Crippen LogP contribution in [0.4, 0.5) is 0 Å². The van der Waals surface area contributed by atoms with Gasteiger partial charge in [0.2, 0.25) is 0 Å². The minimum Gasteiger partial charge on any atom is -0.390 e. The number of aliphatic hydroxyl groups is 1. The van der Waals surface area contributed by atoms with Crippen molar-refractivity contribution in [2.45, 2.75) is 25.9 Å². The first-order valence-corrected chi connectivity index (χ1v) is 8.15. The summed E-state index contributed by atoms with van der Waals surface area (Å²) in [7, 11) is 0. The molecular formula is C15H31N3O2. The van der Waals surface area contributed by atoms with E-state index >= 15 is 0 Å². The summed E-state index contributed by atoms with van der Waals surface area (Å²) in [6, 6.07) is 0. The van der Waals surface area contributed by atoms with Crippen LogP contribution in [-0.4, -0.2) is 86.6 Å². The average Bonchev–Trinajstić information content (AvgIpc) is 2.92. The maximum atomic E-state index is 10.0. The molecule has 5 heteroatoms. The van der Waals surface area contributed by atoms with Crippen LogP contribution in [0.3, 0.4) is 0 Å². The van der Waals surface area contributed by atoms with Gasteiger partial charge >= 0.3 is 0 Å². The molecule has 2 fully saturated rings. The van der Waals surface area contributed by atoms with Crippen LogP contribution in [0.15, 0.2) is 0 Å². The monoisotopic (exact) mass is 285 g/mol. The van der Waals surface area contributed by atoms with Gasteiger partial charge in [0.25, 0.3) is 0 Å². The van der Waals surface area contributed by atoms with Crippen LogP contribution in [0.2, 0.25) is 0 Å². The Hall–Kier alpha value is -0.200. The molecule has 2 saturated heterocycles. The Labute approximate surface area is 123 Å². The number of nitrogens with one attached hydrogen (secondary N) is 1. The summed E-state index contributed by atoms with van der Waals surface area (Å²) < 4.78 is 5.31. The Balaban J connectivity index is 1.50. The number of rotatable bonds is 8. The summed E-state index contributed by atoms with van der Waals surface area (Å²) in [6.45, 7) is 12.0. The zero-order chi connectivity index (χ0) is 14.2. The van der Waals surface area contributed by atoms with E-state index in [9.17, 15) is 5.11 Å². The molecule has 2 heterocycles. The minimum atomic E-state index is -0.271. The number of morpholine rings is 1. The van der Waals surface area contributed by atoms with E-state index in [1.807, 2.05) is 0 Å². The fourth-order valence-electron chi connectivity index (χ4n) is 3.11. The van der Waals surface area contributed by atoms with Crippen LogP contribution in [0.1, 0.15) is 19.8 Å². The van der Waals surface area contributed by atoms with E-state index in [4.69, 9.17) is 4.74 Å². The third-order valence-electron chi connectivity index (χ3n) is 4.21. The molecule has 0 aromatic heterocycles. The van der Waals surface area contributed by atoms with Gasteiger partial charge in [0.1, 0.15) is 0 Å². The van der Waals surface area contributed by atoms with Crippen molar-refractivity contribution in [3.63, 3.8) is 0 Å². The average molecular weight is 285 g/mol. The lowest BCUT2D eigenvalue weighted by Gasteiger charge is -2.28. The third-order valence-corrected chi connectivity index (χ3v) is 4.21. The molecule has 0 amide bonds. The molecule has 0 radical (unpaired) electrons. The third kappa shape index (κ3) is 6.06. The first kappa shape index (κ1) is 16.2. The van der Waals surface area contributed by atoms with Crippen molar-refractivity contribution in [2.75, 3.05) is 65.6 Å². The van der Waals surface area contributed by atoms with Gasteiger partial charge in [-0.25, -0.2) is 0 Å². The van der Waals surface area contributed by atoms with Gasteiger partial charge in [-0.3, -0.25) is 4.90 Å². The lowest BCUT2D eigenvalue weighted by molar-refractivity contribution is 0.0148. The number of nitrogens with zero attached hydrogens (tertiary/aromatic N) is 2. The highest BCUT2D eigenvalue weighted by Crippen LogP contribution is 2.09. The fourth-order valence-corrected chi connectivity index (χ4v) is 3.11. The topological polar surface area (TPSA) is 48.0 Å². The predicted octanol–water partition coefficient (Wildman–Crippen LogP) is 0.00100. The number of likely N-dealkylation sites (tertiary alicyclic amines) is 1. The smallest absolute Gasteiger partial charge is 0.0791 e.